The minimum absolute atomic E-state index is 0.456. The summed E-state index contributed by atoms with van der Waals surface area (Å²) in [4.78, 5) is 11.1. The molecule has 0 aromatic rings. The summed E-state index contributed by atoms with van der Waals surface area (Å²) in [6.45, 7) is 7.48. The van der Waals surface area contributed by atoms with Crippen LogP contribution >= 0.6 is 0 Å². The Hall–Kier alpha value is -0.830. The Morgan fingerprint density at radius 2 is 2.07 bits per heavy atom. The number of aliphatic hydroxyl groups is 1. The van der Waals surface area contributed by atoms with Gasteiger partial charge in [-0.3, -0.25) is 4.79 Å². The van der Waals surface area contributed by atoms with Gasteiger partial charge in [0.05, 0.1) is 11.5 Å². The van der Waals surface area contributed by atoms with Crippen LogP contribution in [0.15, 0.2) is 12.7 Å². The standard InChI is InChI=1S/C12H22O3/c1-4-7-8-10(11(13)14)12(15,6-3)9-5-2/h6,10,15H,3-5,7-9H2,1-2H3,(H,13,14). The number of aliphatic carboxylic acids is 1. The van der Waals surface area contributed by atoms with Crippen molar-refractivity contribution in [2.75, 3.05) is 0 Å². The van der Waals surface area contributed by atoms with Crippen molar-refractivity contribution in [2.45, 2.75) is 51.6 Å². The molecule has 0 fully saturated rings. The zero-order chi connectivity index (χ0) is 11.9. The van der Waals surface area contributed by atoms with Crippen LogP contribution in [-0.4, -0.2) is 21.8 Å². The van der Waals surface area contributed by atoms with Crippen molar-refractivity contribution >= 4 is 5.97 Å². The summed E-state index contributed by atoms with van der Waals surface area (Å²) in [5.41, 5.74) is -1.25. The summed E-state index contributed by atoms with van der Waals surface area (Å²) in [7, 11) is 0. The molecule has 88 valence electrons. The van der Waals surface area contributed by atoms with Crippen molar-refractivity contribution in [3.05, 3.63) is 12.7 Å². The molecule has 3 nitrogen and oxygen atoms in total. The van der Waals surface area contributed by atoms with Gasteiger partial charge in [-0.05, 0) is 12.8 Å². The van der Waals surface area contributed by atoms with Gasteiger partial charge in [-0.2, -0.15) is 0 Å². The van der Waals surface area contributed by atoms with Gasteiger partial charge in [0, 0.05) is 0 Å². The largest absolute Gasteiger partial charge is 0.481 e. The van der Waals surface area contributed by atoms with Crippen LogP contribution in [0, 0.1) is 5.92 Å². The lowest BCUT2D eigenvalue weighted by molar-refractivity contribution is -0.150. The van der Waals surface area contributed by atoms with Crippen molar-refractivity contribution < 1.29 is 15.0 Å². The highest BCUT2D eigenvalue weighted by Gasteiger charge is 2.37. The smallest absolute Gasteiger partial charge is 0.309 e. The van der Waals surface area contributed by atoms with E-state index >= 15 is 0 Å². The second-order valence-corrected chi connectivity index (χ2v) is 3.98. The second kappa shape index (κ2) is 6.62. The molecule has 0 saturated heterocycles. The molecule has 0 aromatic carbocycles. The fourth-order valence-electron chi connectivity index (χ4n) is 1.81. The number of rotatable bonds is 8. The van der Waals surface area contributed by atoms with E-state index in [2.05, 4.69) is 6.58 Å². The Bertz CT molecular complexity index is 213. The normalized spacial score (nSPS) is 16.7. The molecule has 0 aliphatic heterocycles. The number of carbonyl (C=O) groups is 1. The molecule has 0 amide bonds. The van der Waals surface area contributed by atoms with Gasteiger partial charge in [0.25, 0.3) is 0 Å². The zero-order valence-corrected chi connectivity index (χ0v) is 9.70. The quantitative estimate of drug-likeness (QED) is 0.611. The summed E-state index contributed by atoms with van der Waals surface area (Å²) >= 11 is 0. The van der Waals surface area contributed by atoms with Crippen molar-refractivity contribution in [3.63, 3.8) is 0 Å². The predicted molar refractivity (Wildman–Crippen MR) is 60.7 cm³/mol. The summed E-state index contributed by atoms with van der Waals surface area (Å²) in [6.07, 6.45) is 4.84. The third-order valence-electron chi connectivity index (χ3n) is 2.75. The van der Waals surface area contributed by atoms with Gasteiger partial charge in [-0.15, -0.1) is 6.58 Å². The van der Waals surface area contributed by atoms with E-state index in [4.69, 9.17) is 5.11 Å². The topological polar surface area (TPSA) is 57.5 Å². The molecule has 0 rings (SSSR count). The van der Waals surface area contributed by atoms with Crippen LogP contribution in [0.4, 0.5) is 0 Å². The predicted octanol–water partition coefficient (Wildman–Crippen LogP) is 2.59. The molecule has 15 heavy (non-hydrogen) atoms. The number of hydrogen-bond acceptors (Lipinski definition) is 2. The Morgan fingerprint density at radius 3 is 2.40 bits per heavy atom. The SMILES string of the molecule is C=CC(O)(CCC)C(CCCC)C(=O)O. The minimum Gasteiger partial charge on any atom is -0.481 e. The highest BCUT2D eigenvalue weighted by atomic mass is 16.4. The molecule has 3 heteroatoms. The molecule has 0 radical (unpaired) electrons. The fraction of sp³-hybridized carbons (Fsp3) is 0.750. The molecular weight excluding hydrogens is 192 g/mol. The van der Waals surface area contributed by atoms with Gasteiger partial charge in [-0.25, -0.2) is 0 Å². The third-order valence-corrected chi connectivity index (χ3v) is 2.75. The van der Waals surface area contributed by atoms with Crippen molar-refractivity contribution in [1.29, 1.82) is 0 Å². The van der Waals surface area contributed by atoms with Gasteiger partial charge in [0.1, 0.15) is 0 Å². The van der Waals surface area contributed by atoms with Gasteiger partial charge in [-0.1, -0.05) is 39.2 Å². The van der Waals surface area contributed by atoms with Crippen LogP contribution in [0.25, 0.3) is 0 Å². The van der Waals surface area contributed by atoms with E-state index in [0.717, 1.165) is 19.3 Å². The van der Waals surface area contributed by atoms with E-state index in [-0.39, 0.29) is 0 Å². The van der Waals surface area contributed by atoms with Gasteiger partial charge in [0.2, 0.25) is 0 Å². The minimum atomic E-state index is -1.25. The summed E-state index contributed by atoms with van der Waals surface area (Å²) in [5.74, 6) is -1.66. The van der Waals surface area contributed by atoms with Gasteiger partial charge < -0.3 is 10.2 Å². The number of unbranched alkanes of at least 4 members (excludes halogenated alkanes) is 1. The lowest BCUT2D eigenvalue weighted by Crippen LogP contribution is -2.40. The molecule has 2 unspecified atom stereocenters. The first-order valence-corrected chi connectivity index (χ1v) is 5.60. The maximum Gasteiger partial charge on any atom is 0.309 e. The molecule has 0 saturated carbocycles. The Morgan fingerprint density at radius 1 is 1.47 bits per heavy atom. The first kappa shape index (κ1) is 14.2. The zero-order valence-electron chi connectivity index (χ0n) is 9.70. The first-order chi connectivity index (χ1) is 7.01. The van der Waals surface area contributed by atoms with E-state index < -0.39 is 17.5 Å². The van der Waals surface area contributed by atoms with Crippen LogP contribution in [0.2, 0.25) is 0 Å². The lowest BCUT2D eigenvalue weighted by atomic mass is 9.80. The van der Waals surface area contributed by atoms with Crippen LogP contribution in [-0.2, 0) is 4.79 Å². The maximum atomic E-state index is 11.1. The highest BCUT2D eigenvalue weighted by Crippen LogP contribution is 2.29. The molecule has 0 heterocycles. The van der Waals surface area contributed by atoms with Gasteiger partial charge >= 0.3 is 5.97 Å². The van der Waals surface area contributed by atoms with E-state index in [1.807, 2.05) is 13.8 Å². The first-order valence-electron chi connectivity index (χ1n) is 5.60. The molecule has 0 aliphatic carbocycles. The monoisotopic (exact) mass is 214 g/mol. The van der Waals surface area contributed by atoms with Gasteiger partial charge in [0.15, 0.2) is 0 Å². The van der Waals surface area contributed by atoms with E-state index in [0.29, 0.717) is 12.8 Å². The third kappa shape index (κ3) is 4.04. The second-order valence-electron chi connectivity index (χ2n) is 3.98. The number of hydrogen-bond donors (Lipinski definition) is 2. The fourth-order valence-corrected chi connectivity index (χ4v) is 1.81. The maximum absolute atomic E-state index is 11.1. The van der Waals surface area contributed by atoms with Crippen LogP contribution in [0.1, 0.15) is 46.0 Å². The highest BCUT2D eigenvalue weighted by molar-refractivity contribution is 5.72. The average molecular weight is 214 g/mol. The van der Waals surface area contributed by atoms with Crippen molar-refractivity contribution in [3.8, 4) is 0 Å². The number of carboxylic acids is 1. The Balaban J connectivity index is 4.68. The molecule has 0 bridgehead atoms. The molecule has 0 spiro atoms. The molecule has 2 atom stereocenters. The number of carboxylic acid groups (broad SMARTS) is 1. The van der Waals surface area contributed by atoms with E-state index in [9.17, 15) is 9.90 Å². The Labute approximate surface area is 91.8 Å². The van der Waals surface area contributed by atoms with E-state index in [1.165, 1.54) is 6.08 Å². The Kier molecular flexibility index (Phi) is 6.25. The summed E-state index contributed by atoms with van der Waals surface area (Å²) in [6, 6.07) is 0. The van der Waals surface area contributed by atoms with E-state index in [1.54, 1.807) is 0 Å². The average Bonchev–Trinajstić information content (AvgIpc) is 2.18. The molecule has 0 aliphatic rings. The van der Waals surface area contributed by atoms with Crippen LogP contribution < -0.4 is 0 Å². The summed E-state index contributed by atoms with van der Waals surface area (Å²) in [5, 5.41) is 19.3. The molecule has 0 aromatic heterocycles. The van der Waals surface area contributed by atoms with Crippen LogP contribution in [0.5, 0.6) is 0 Å². The van der Waals surface area contributed by atoms with Crippen LogP contribution in [0.3, 0.4) is 0 Å². The lowest BCUT2D eigenvalue weighted by Gasteiger charge is -2.30. The molecule has 2 N–H and O–H groups in total. The van der Waals surface area contributed by atoms with Crippen molar-refractivity contribution in [1.82, 2.24) is 0 Å². The van der Waals surface area contributed by atoms with Crippen molar-refractivity contribution in [2.24, 2.45) is 5.92 Å². The summed E-state index contributed by atoms with van der Waals surface area (Å²) < 4.78 is 0. The molecular formula is C12H22O3.